The van der Waals surface area contributed by atoms with E-state index in [1.165, 1.54) is 18.4 Å². The summed E-state index contributed by atoms with van der Waals surface area (Å²) in [5, 5.41) is 0. The molecule has 0 heterocycles. The van der Waals surface area contributed by atoms with Gasteiger partial charge >= 0.3 is 0 Å². The molecule has 0 radical (unpaired) electrons. The summed E-state index contributed by atoms with van der Waals surface area (Å²) >= 11 is 0. The number of nitrogens with zero attached hydrogens (tertiary/aromatic N) is 1. The molecule has 0 aliphatic heterocycles. The van der Waals surface area contributed by atoms with Gasteiger partial charge < -0.3 is 0 Å². The van der Waals surface area contributed by atoms with Crippen LogP contribution in [0.15, 0.2) is 30.3 Å². The lowest BCUT2D eigenvalue weighted by Gasteiger charge is -2.34. The molecule has 3 rings (SSSR count). The van der Waals surface area contributed by atoms with Gasteiger partial charge in [-0.3, -0.25) is 9.69 Å². The topological polar surface area (TPSA) is 20.3 Å². The Kier molecular flexibility index (Phi) is 3.46. The van der Waals surface area contributed by atoms with E-state index in [2.05, 4.69) is 35.2 Å². The zero-order valence-electron chi connectivity index (χ0n) is 10.8. The standard InChI is InChI=1S/C16H21NO/c18-16-10-8-15(9-11-16)17(14-6-7-14)12-13-4-2-1-3-5-13/h1-5,14-15H,6-12H2. The Hall–Kier alpha value is -1.15. The van der Waals surface area contributed by atoms with E-state index in [0.717, 1.165) is 38.3 Å². The van der Waals surface area contributed by atoms with E-state index in [1.54, 1.807) is 0 Å². The Morgan fingerprint density at radius 2 is 1.56 bits per heavy atom. The van der Waals surface area contributed by atoms with E-state index in [4.69, 9.17) is 0 Å². The van der Waals surface area contributed by atoms with E-state index >= 15 is 0 Å². The highest BCUT2D eigenvalue weighted by molar-refractivity contribution is 5.79. The lowest BCUT2D eigenvalue weighted by atomic mass is 9.92. The number of rotatable bonds is 4. The fraction of sp³-hybridized carbons (Fsp3) is 0.562. The summed E-state index contributed by atoms with van der Waals surface area (Å²) in [6, 6.07) is 12.1. The first-order valence-corrected chi connectivity index (χ1v) is 7.14. The van der Waals surface area contributed by atoms with Crippen molar-refractivity contribution in [2.75, 3.05) is 0 Å². The maximum atomic E-state index is 11.4. The second kappa shape index (κ2) is 5.23. The molecule has 2 aliphatic rings. The number of hydrogen-bond acceptors (Lipinski definition) is 2. The van der Waals surface area contributed by atoms with Crippen LogP contribution in [0.5, 0.6) is 0 Å². The Morgan fingerprint density at radius 3 is 2.17 bits per heavy atom. The first kappa shape index (κ1) is 11.9. The molecule has 0 atom stereocenters. The number of carbonyl (C=O) groups is 1. The Bertz CT molecular complexity index is 400. The Morgan fingerprint density at radius 1 is 0.944 bits per heavy atom. The van der Waals surface area contributed by atoms with Gasteiger partial charge in [-0.25, -0.2) is 0 Å². The molecule has 0 bridgehead atoms. The van der Waals surface area contributed by atoms with Gasteiger partial charge in [0.15, 0.2) is 0 Å². The molecule has 2 saturated carbocycles. The monoisotopic (exact) mass is 243 g/mol. The van der Waals surface area contributed by atoms with E-state index in [1.807, 2.05) is 0 Å². The third-order valence-corrected chi connectivity index (χ3v) is 4.21. The highest BCUT2D eigenvalue weighted by Gasteiger charge is 2.35. The van der Waals surface area contributed by atoms with Crippen LogP contribution in [0, 0.1) is 0 Å². The molecule has 1 aromatic carbocycles. The molecule has 2 nitrogen and oxygen atoms in total. The lowest BCUT2D eigenvalue weighted by Crippen LogP contribution is -2.39. The van der Waals surface area contributed by atoms with Crippen LogP contribution in [0.2, 0.25) is 0 Å². The maximum absolute atomic E-state index is 11.4. The fourth-order valence-electron chi connectivity index (χ4n) is 3.01. The minimum Gasteiger partial charge on any atom is -0.300 e. The summed E-state index contributed by atoms with van der Waals surface area (Å²) in [6.07, 6.45) is 6.42. The summed E-state index contributed by atoms with van der Waals surface area (Å²) in [5.41, 5.74) is 1.40. The summed E-state index contributed by atoms with van der Waals surface area (Å²) in [4.78, 5) is 14.0. The van der Waals surface area contributed by atoms with Crippen molar-refractivity contribution in [3.05, 3.63) is 35.9 Å². The van der Waals surface area contributed by atoms with Crippen molar-refractivity contribution >= 4 is 5.78 Å². The molecule has 96 valence electrons. The van der Waals surface area contributed by atoms with Gasteiger partial charge in [0.05, 0.1) is 0 Å². The highest BCUT2D eigenvalue weighted by Crippen LogP contribution is 2.34. The number of hydrogen-bond donors (Lipinski definition) is 0. The zero-order valence-corrected chi connectivity index (χ0v) is 10.8. The number of benzene rings is 1. The third-order valence-electron chi connectivity index (χ3n) is 4.21. The second-order valence-corrected chi connectivity index (χ2v) is 5.66. The van der Waals surface area contributed by atoms with Gasteiger partial charge in [-0.1, -0.05) is 30.3 Å². The maximum Gasteiger partial charge on any atom is 0.133 e. The third kappa shape index (κ3) is 2.81. The molecular weight excluding hydrogens is 222 g/mol. The largest absolute Gasteiger partial charge is 0.300 e. The molecular formula is C16H21NO. The van der Waals surface area contributed by atoms with E-state index in [0.29, 0.717) is 11.8 Å². The first-order valence-electron chi connectivity index (χ1n) is 7.14. The molecule has 0 saturated heterocycles. The van der Waals surface area contributed by atoms with Gasteiger partial charge in [-0.15, -0.1) is 0 Å². The van der Waals surface area contributed by atoms with Crippen molar-refractivity contribution in [1.82, 2.24) is 4.90 Å². The number of Topliss-reactive ketones (excluding diaryl/α,β-unsaturated/α-hetero) is 1. The predicted octanol–water partition coefficient (Wildman–Crippen LogP) is 3.16. The van der Waals surface area contributed by atoms with Crippen molar-refractivity contribution < 1.29 is 4.79 Å². The molecule has 18 heavy (non-hydrogen) atoms. The van der Waals surface area contributed by atoms with Crippen LogP contribution in [0.25, 0.3) is 0 Å². The summed E-state index contributed by atoms with van der Waals surface area (Å²) in [7, 11) is 0. The molecule has 2 heteroatoms. The van der Waals surface area contributed by atoms with Gasteiger partial charge in [0.25, 0.3) is 0 Å². The minimum atomic E-state index is 0.460. The Balaban J connectivity index is 1.67. The van der Waals surface area contributed by atoms with Crippen LogP contribution < -0.4 is 0 Å². The van der Waals surface area contributed by atoms with Crippen molar-refractivity contribution in [3.8, 4) is 0 Å². The van der Waals surface area contributed by atoms with Gasteiger partial charge in [-0.05, 0) is 31.2 Å². The quantitative estimate of drug-likeness (QED) is 0.809. The number of carbonyl (C=O) groups excluding carboxylic acids is 1. The van der Waals surface area contributed by atoms with Crippen LogP contribution in [0.4, 0.5) is 0 Å². The van der Waals surface area contributed by atoms with Crippen LogP contribution in [-0.4, -0.2) is 22.8 Å². The van der Waals surface area contributed by atoms with E-state index in [-0.39, 0.29) is 0 Å². The molecule has 2 aliphatic carbocycles. The summed E-state index contributed by atoms with van der Waals surface area (Å²) in [5.74, 6) is 0.460. The van der Waals surface area contributed by atoms with Gasteiger partial charge in [0.1, 0.15) is 5.78 Å². The predicted molar refractivity (Wildman–Crippen MR) is 72.3 cm³/mol. The van der Waals surface area contributed by atoms with Crippen molar-refractivity contribution in [1.29, 1.82) is 0 Å². The van der Waals surface area contributed by atoms with Crippen molar-refractivity contribution in [2.24, 2.45) is 0 Å². The average Bonchev–Trinajstić information content (AvgIpc) is 3.23. The van der Waals surface area contributed by atoms with Crippen molar-refractivity contribution in [2.45, 2.75) is 57.2 Å². The SMILES string of the molecule is O=C1CCC(N(Cc2ccccc2)C2CC2)CC1. The fourth-order valence-corrected chi connectivity index (χ4v) is 3.01. The molecule has 2 fully saturated rings. The molecule has 0 N–H and O–H groups in total. The van der Waals surface area contributed by atoms with Crippen LogP contribution in [0.1, 0.15) is 44.1 Å². The first-order chi connectivity index (χ1) is 8.83. The highest BCUT2D eigenvalue weighted by atomic mass is 16.1. The lowest BCUT2D eigenvalue weighted by molar-refractivity contribution is -0.121. The van der Waals surface area contributed by atoms with Gasteiger partial charge in [0.2, 0.25) is 0 Å². The molecule has 1 aromatic rings. The van der Waals surface area contributed by atoms with Gasteiger partial charge in [0, 0.05) is 31.5 Å². The van der Waals surface area contributed by atoms with Gasteiger partial charge in [-0.2, -0.15) is 0 Å². The smallest absolute Gasteiger partial charge is 0.133 e. The van der Waals surface area contributed by atoms with Crippen LogP contribution >= 0.6 is 0 Å². The normalized spacial score (nSPS) is 21.5. The van der Waals surface area contributed by atoms with Crippen LogP contribution in [-0.2, 0) is 11.3 Å². The average molecular weight is 243 g/mol. The van der Waals surface area contributed by atoms with E-state index in [9.17, 15) is 4.79 Å². The molecule has 0 amide bonds. The summed E-state index contributed by atoms with van der Waals surface area (Å²) in [6.45, 7) is 1.06. The summed E-state index contributed by atoms with van der Waals surface area (Å²) < 4.78 is 0. The molecule has 0 aromatic heterocycles. The van der Waals surface area contributed by atoms with Crippen LogP contribution in [0.3, 0.4) is 0 Å². The van der Waals surface area contributed by atoms with E-state index < -0.39 is 0 Å². The zero-order chi connectivity index (χ0) is 12.4. The molecule has 0 unspecified atom stereocenters. The number of ketones is 1. The Labute approximate surface area is 109 Å². The minimum absolute atomic E-state index is 0.460. The second-order valence-electron chi connectivity index (χ2n) is 5.66. The molecule has 0 spiro atoms. The van der Waals surface area contributed by atoms with Crippen molar-refractivity contribution in [3.63, 3.8) is 0 Å².